The molecule has 1 fully saturated rings. The molecule has 0 aliphatic carbocycles. The molecule has 6 nitrogen and oxygen atoms in total. The van der Waals surface area contributed by atoms with Crippen LogP contribution in [0.1, 0.15) is 42.9 Å². The Kier molecular flexibility index (Phi) is 5.00. The molecule has 9 heteroatoms. The van der Waals surface area contributed by atoms with Crippen LogP contribution in [0.5, 0.6) is 0 Å². The molecule has 2 atom stereocenters. The van der Waals surface area contributed by atoms with Crippen molar-refractivity contribution in [2.24, 2.45) is 0 Å². The highest BCUT2D eigenvalue weighted by Crippen LogP contribution is 2.34. The van der Waals surface area contributed by atoms with E-state index in [0.29, 0.717) is 0 Å². The maximum Gasteiger partial charge on any atom is 0.433 e. The van der Waals surface area contributed by atoms with Gasteiger partial charge < -0.3 is 14.7 Å². The number of aliphatic hydroxyl groups is 1. The van der Waals surface area contributed by atoms with Crippen LogP contribution in [0.4, 0.5) is 13.2 Å². The number of rotatable bonds is 3. The van der Waals surface area contributed by atoms with Crippen LogP contribution in [0.25, 0.3) is 0 Å². The summed E-state index contributed by atoms with van der Waals surface area (Å²) < 4.78 is 46.2. The van der Waals surface area contributed by atoms with E-state index in [0.717, 1.165) is 10.9 Å². The van der Waals surface area contributed by atoms with Gasteiger partial charge in [0, 0.05) is 12.6 Å². The lowest BCUT2D eigenvalue weighted by atomic mass is 10.1. The fourth-order valence-electron chi connectivity index (χ4n) is 2.56. The van der Waals surface area contributed by atoms with Crippen LogP contribution >= 0.6 is 0 Å². The first kappa shape index (κ1) is 17.7. The smallest absolute Gasteiger partial charge is 0.394 e. The van der Waals surface area contributed by atoms with Crippen molar-refractivity contribution in [3.63, 3.8) is 0 Å². The molecule has 1 aliphatic heterocycles. The van der Waals surface area contributed by atoms with Gasteiger partial charge in [0.25, 0.3) is 5.91 Å². The molecule has 2 heterocycles. The summed E-state index contributed by atoms with van der Waals surface area (Å²) in [7, 11) is 0. The van der Waals surface area contributed by atoms with Crippen LogP contribution in [0.15, 0.2) is 6.20 Å². The first-order valence-corrected chi connectivity index (χ1v) is 7.35. The maximum absolute atomic E-state index is 13.4. The largest absolute Gasteiger partial charge is 0.433 e. The second-order valence-electron chi connectivity index (χ2n) is 5.89. The number of aliphatic hydroxyl groups excluding tert-OH is 1. The molecule has 130 valence electrons. The molecule has 1 saturated heterocycles. The SMILES string of the molecule is CC1COC(CO)CN1C(=O)c1cnn(C(C)C)c1C(F)(F)F. The third kappa shape index (κ3) is 3.50. The van der Waals surface area contributed by atoms with Gasteiger partial charge in [-0.1, -0.05) is 0 Å². The Bertz CT molecular complexity index is 571. The fraction of sp³-hybridized carbons (Fsp3) is 0.714. The molecule has 1 aliphatic rings. The van der Waals surface area contributed by atoms with Gasteiger partial charge in [-0.15, -0.1) is 0 Å². The monoisotopic (exact) mass is 335 g/mol. The summed E-state index contributed by atoms with van der Waals surface area (Å²) in [6.45, 7) is 4.72. The topological polar surface area (TPSA) is 67.6 Å². The van der Waals surface area contributed by atoms with E-state index in [1.54, 1.807) is 20.8 Å². The number of hydrogen-bond acceptors (Lipinski definition) is 4. The molecule has 0 saturated carbocycles. The highest BCUT2D eigenvalue weighted by molar-refractivity contribution is 5.95. The quantitative estimate of drug-likeness (QED) is 0.913. The molecular formula is C14H20F3N3O3. The van der Waals surface area contributed by atoms with Crippen molar-refractivity contribution in [1.82, 2.24) is 14.7 Å². The van der Waals surface area contributed by atoms with Crippen LogP contribution in [0, 0.1) is 0 Å². The first-order chi connectivity index (χ1) is 10.7. The number of hydrogen-bond donors (Lipinski definition) is 1. The molecule has 2 rings (SSSR count). The first-order valence-electron chi connectivity index (χ1n) is 7.35. The summed E-state index contributed by atoms with van der Waals surface area (Å²) in [6.07, 6.45) is -4.32. The van der Waals surface area contributed by atoms with Gasteiger partial charge in [0.2, 0.25) is 0 Å². The fourth-order valence-corrected chi connectivity index (χ4v) is 2.56. The minimum atomic E-state index is -4.68. The van der Waals surface area contributed by atoms with Crippen molar-refractivity contribution < 1.29 is 27.8 Å². The third-order valence-corrected chi connectivity index (χ3v) is 3.75. The lowest BCUT2D eigenvalue weighted by Crippen LogP contribution is -2.52. The zero-order valence-corrected chi connectivity index (χ0v) is 13.2. The van der Waals surface area contributed by atoms with E-state index in [1.165, 1.54) is 4.90 Å². The Labute approximate surface area is 131 Å². The predicted molar refractivity (Wildman–Crippen MR) is 74.9 cm³/mol. The number of ether oxygens (including phenoxy) is 1. The molecule has 0 bridgehead atoms. The average Bonchev–Trinajstić information content (AvgIpc) is 2.92. The van der Waals surface area contributed by atoms with Gasteiger partial charge in [-0.25, -0.2) is 0 Å². The number of morpholine rings is 1. The summed E-state index contributed by atoms with van der Waals surface area (Å²) >= 11 is 0. The minimum Gasteiger partial charge on any atom is -0.394 e. The van der Waals surface area contributed by atoms with Gasteiger partial charge in [0.15, 0.2) is 5.69 Å². The second-order valence-corrected chi connectivity index (χ2v) is 5.89. The van der Waals surface area contributed by atoms with Crippen molar-refractivity contribution in [1.29, 1.82) is 0 Å². The maximum atomic E-state index is 13.4. The number of carbonyl (C=O) groups is 1. The summed E-state index contributed by atoms with van der Waals surface area (Å²) in [4.78, 5) is 13.9. The van der Waals surface area contributed by atoms with E-state index in [-0.39, 0.29) is 25.8 Å². The van der Waals surface area contributed by atoms with Crippen molar-refractivity contribution in [3.05, 3.63) is 17.5 Å². The molecule has 1 N–H and O–H groups in total. The van der Waals surface area contributed by atoms with E-state index in [2.05, 4.69) is 5.10 Å². The van der Waals surface area contributed by atoms with Gasteiger partial charge >= 0.3 is 6.18 Å². The molecule has 1 aromatic heterocycles. The third-order valence-electron chi connectivity index (χ3n) is 3.75. The number of carbonyl (C=O) groups excluding carboxylic acids is 1. The summed E-state index contributed by atoms with van der Waals surface area (Å²) in [6, 6.07) is -0.908. The molecule has 2 unspecified atom stereocenters. The van der Waals surface area contributed by atoms with E-state index in [1.807, 2.05) is 0 Å². The summed E-state index contributed by atoms with van der Waals surface area (Å²) in [5.74, 6) is -0.751. The van der Waals surface area contributed by atoms with Crippen LogP contribution in [-0.2, 0) is 10.9 Å². The number of nitrogens with zero attached hydrogens (tertiary/aromatic N) is 3. The summed E-state index contributed by atoms with van der Waals surface area (Å²) in [5, 5.41) is 12.9. The van der Waals surface area contributed by atoms with Crippen molar-refractivity contribution >= 4 is 5.91 Å². The number of aromatic nitrogens is 2. The highest BCUT2D eigenvalue weighted by Gasteiger charge is 2.42. The molecule has 0 radical (unpaired) electrons. The van der Waals surface area contributed by atoms with Crippen molar-refractivity contribution in [2.45, 2.75) is 45.1 Å². The van der Waals surface area contributed by atoms with Gasteiger partial charge in [-0.3, -0.25) is 9.48 Å². The standard InChI is InChI=1S/C14H20F3N3O3/c1-8(2)20-12(14(15,16)17)11(4-18-20)13(22)19-5-10(6-21)23-7-9(19)3/h4,8-10,21H,5-7H2,1-3H3. The predicted octanol–water partition coefficient (Wildman–Crippen LogP) is 1.70. The van der Waals surface area contributed by atoms with Crippen molar-refractivity contribution in [2.75, 3.05) is 19.8 Å². The van der Waals surface area contributed by atoms with Crippen LogP contribution < -0.4 is 0 Å². The zero-order valence-electron chi connectivity index (χ0n) is 13.2. The Balaban J connectivity index is 2.39. The lowest BCUT2D eigenvalue weighted by molar-refractivity contribution is -0.145. The zero-order chi connectivity index (χ0) is 17.4. The van der Waals surface area contributed by atoms with E-state index >= 15 is 0 Å². The number of alkyl halides is 3. The van der Waals surface area contributed by atoms with Gasteiger partial charge in [0.1, 0.15) is 0 Å². The van der Waals surface area contributed by atoms with Crippen LogP contribution in [0.2, 0.25) is 0 Å². The number of amides is 1. The Morgan fingerprint density at radius 1 is 1.52 bits per heavy atom. The van der Waals surface area contributed by atoms with E-state index in [4.69, 9.17) is 9.84 Å². The van der Waals surface area contributed by atoms with Gasteiger partial charge in [0.05, 0.1) is 37.1 Å². The molecular weight excluding hydrogens is 315 g/mol. The average molecular weight is 335 g/mol. The van der Waals surface area contributed by atoms with Crippen LogP contribution in [-0.4, -0.2) is 57.6 Å². The minimum absolute atomic E-state index is 0.0423. The van der Waals surface area contributed by atoms with Gasteiger partial charge in [-0.2, -0.15) is 18.3 Å². The Morgan fingerprint density at radius 2 is 2.17 bits per heavy atom. The molecule has 0 aromatic carbocycles. The van der Waals surface area contributed by atoms with Crippen LogP contribution in [0.3, 0.4) is 0 Å². The second kappa shape index (κ2) is 6.48. The molecule has 1 aromatic rings. The molecule has 1 amide bonds. The highest BCUT2D eigenvalue weighted by atomic mass is 19.4. The molecule has 23 heavy (non-hydrogen) atoms. The molecule has 0 spiro atoms. The van der Waals surface area contributed by atoms with Gasteiger partial charge in [-0.05, 0) is 20.8 Å². The summed E-state index contributed by atoms with van der Waals surface area (Å²) in [5.41, 5.74) is -1.52. The number of halogens is 3. The Hall–Kier alpha value is -1.61. The van der Waals surface area contributed by atoms with E-state index < -0.39 is 35.5 Å². The van der Waals surface area contributed by atoms with Crippen molar-refractivity contribution in [3.8, 4) is 0 Å². The lowest BCUT2D eigenvalue weighted by Gasteiger charge is -2.37. The van der Waals surface area contributed by atoms with E-state index in [9.17, 15) is 18.0 Å². The normalized spacial score (nSPS) is 22.7. The Morgan fingerprint density at radius 3 is 2.70 bits per heavy atom.